The maximum Gasteiger partial charge on any atom is 0.244 e. The number of anilines is 1. The molecule has 0 radical (unpaired) electrons. The zero-order valence-electron chi connectivity index (χ0n) is 12.6. The standard InChI is InChI=1S/C14H22ClN3O2S/c1-10-8-12(15)14(9-13(10)16)21(19,20)18-6-4-11(5-7-18)17(2)3/h8-9,11H,4-7,16H2,1-3H3. The van der Waals surface area contributed by atoms with Crippen molar-refractivity contribution in [1.82, 2.24) is 9.21 Å². The Morgan fingerprint density at radius 3 is 2.38 bits per heavy atom. The first-order valence-corrected chi connectivity index (χ1v) is 8.77. The number of piperidine rings is 1. The van der Waals surface area contributed by atoms with Crippen molar-refractivity contribution in [3.05, 3.63) is 22.7 Å². The Kier molecular flexibility index (Phi) is 4.82. The molecule has 1 aromatic carbocycles. The van der Waals surface area contributed by atoms with Gasteiger partial charge in [0.25, 0.3) is 0 Å². The van der Waals surface area contributed by atoms with Crippen LogP contribution < -0.4 is 5.73 Å². The molecule has 2 rings (SSSR count). The molecule has 0 aliphatic carbocycles. The Morgan fingerprint density at radius 2 is 1.86 bits per heavy atom. The van der Waals surface area contributed by atoms with E-state index in [1.807, 2.05) is 14.1 Å². The van der Waals surface area contributed by atoms with Crippen molar-refractivity contribution in [1.29, 1.82) is 0 Å². The number of aryl methyl sites for hydroxylation is 1. The topological polar surface area (TPSA) is 66.6 Å². The van der Waals surface area contributed by atoms with Crippen LogP contribution in [0, 0.1) is 6.92 Å². The molecular formula is C14H22ClN3O2S. The average molecular weight is 332 g/mol. The summed E-state index contributed by atoms with van der Waals surface area (Å²) >= 11 is 6.11. The summed E-state index contributed by atoms with van der Waals surface area (Å²) in [5, 5.41) is 0.233. The summed E-state index contributed by atoms with van der Waals surface area (Å²) in [4.78, 5) is 2.25. The molecule has 5 nitrogen and oxygen atoms in total. The highest BCUT2D eigenvalue weighted by Gasteiger charge is 2.31. The van der Waals surface area contributed by atoms with Gasteiger partial charge in [0.1, 0.15) is 4.90 Å². The molecule has 0 amide bonds. The van der Waals surface area contributed by atoms with E-state index in [9.17, 15) is 8.42 Å². The van der Waals surface area contributed by atoms with Gasteiger partial charge in [0, 0.05) is 24.8 Å². The van der Waals surface area contributed by atoms with Crippen LogP contribution in [0.2, 0.25) is 5.02 Å². The van der Waals surface area contributed by atoms with Crippen molar-refractivity contribution >= 4 is 27.3 Å². The van der Waals surface area contributed by atoms with Crippen molar-refractivity contribution in [2.24, 2.45) is 0 Å². The van der Waals surface area contributed by atoms with Gasteiger partial charge in [0.05, 0.1) is 5.02 Å². The molecule has 0 unspecified atom stereocenters. The van der Waals surface area contributed by atoms with E-state index in [2.05, 4.69) is 4.90 Å². The first kappa shape index (κ1) is 16.5. The minimum Gasteiger partial charge on any atom is -0.398 e. The minimum atomic E-state index is -3.58. The average Bonchev–Trinajstić information content (AvgIpc) is 2.42. The summed E-state index contributed by atoms with van der Waals surface area (Å²) in [6.45, 7) is 2.82. The highest BCUT2D eigenvalue weighted by Crippen LogP contribution is 2.30. The molecule has 1 aliphatic heterocycles. The summed E-state index contributed by atoms with van der Waals surface area (Å²) in [5.74, 6) is 0. The molecule has 1 fully saturated rings. The van der Waals surface area contributed by atoms with Crippen molar-refractivity contribution in [2.75, 3.05) is 32.9 Å². The van der Waals surface area contributed by atoms with Gasteiger partial charge >= 0.3 is 0 Å². The van der Waals surface area contributed by atoms with Crippen LogP contribution in [0.3, 0.4) is 0 Å². The van der Waals surface area contributed by atoms with E-state index in [1.54, 1.807) is 13.0 Å². The zero-order chi connectivity index (χ0) is 15.8. The molecule has 1 saturated heterocycles. The predicted molar refractivity (Wildman–Crippen MR) is 86.1 cm³/mol. The van der Waals surface area contributed by atoms with Crippen LogP contribution in [0.4, 0.5) is 5.69 Å². The molecule has 0 aromatic heterocycles. The Morgan fingerprint density at radius 1 is 1.29 bits per heavy atom. The lowest BCUT2D eigenvalue weighted by molar-refractivity contribution is 0.196. The van der Waals surface area contributed by atoms with Gasteiger partial charge in [-0.05, 0) is 51.6 Å². The number of nitrogen functional groups attached to an aromatic ring is 1. The van der Waals surface area contributed by atoms with Crippen LogP contribution in [0.25, 0.3) is 0 Å². The fourth-order valence-electron chi connectivity index (χ4n) is 2.60. The summed E-state index contributed by atoms with van der Waals surface area (Å²) in [5.41, 5.74) is 7.06. The third-order valence-corrected chi connectivity index (χ3v) is 6.46. The van der Waals surface area contributed by atoms with E-state index in [4.69, 9.17) is 17.3 Å². The van der Waals surface area contributed by atoms with Gasteiger partial charge in [-0.25, -0.2) is 8.42 Å². The van der Waals surface area contributed by atoms with Crippen LogP contribution >= 0.6 is 11.6 Å². The molecule has 118 valence electrons. The molecule has 0 spiro atoms. The van der Waals surface area contributed by atoms with Gasteiger partial charge in [-0.2, -0.15) is 4.31 Å². The van der Waals surface area contributed by atoms with Gasteiger partial charge in [-0.15, -0.1) is 0 Å². The SMILES string of the molecule is Cc1cc(Cl)c(S(=O)(=O)N2CCC(N(C)C)CC2)cc1N. The summed E-state index contributed by atoms with van der Waals surface area (Å²) in [7, 11) is 0.462. The van der Waals surface area contributed by atoms with Gasteiger partial charge in [-0.1, -0.05) is 11.6 Å². The van der Waals surface area contributed by atoms with E-state index >= 15 is 0 Å². The predicted octanol–water partition coefficient (Wildman–Crippen LogP) is 1.95. The number of rotatable bonds is 3. The van der Waals surface area contributed by atoms with Gasteiger partial charge < -0.3 is 10.6 Å². The van der Waals surface area contributed by atoms with Gasteiger partial charge in [-0.3, -0.25) is 0 Å². The second-order valence-corrected chi connectivity index (χ2v) is 8.05. The molecule has 0 saturated carbocycles. The molecule has 0 bridgehead atoms. The van der Waals surface area contributed by atoms with Crippen molar-refractivity contribution in [3.8, 4) is 0 Å². The third-order valence-electron chi connectivity index (χ3n) is 4.09. The number of nitrogens with two attached hydrogens (primary N) is 1. The Labute approximate surface area is 131 Å². The minimum absolute atomic E-state index is 0.107. The fraction of sp³-hybridized carbons (Fsp3) is 0.571. The number of halogens is 1. The lowest BCUT2D eigenvalue weighted by atomic mass is 10.1. The maximum absolute atomic E-state index is 12.7. The number of hydrogen-bond donors (Lipinski definition) is 1. The van der Waals surface area contributed by atoms with Crippen molar-refractivity contribution in [3.63, 3.8) is 0 Å². The highest BCUT2D eigenvalue weighted by molar-refractivity contribution is 7.89. The molecule has 7 heteroatoms. The Balaban J connectivity index is 2.26. The Bertz CT molecular complexity index is 623. The molecule has 1 aliphatic rings. The second-order valence-electron chi connectivity index (χ2n) is 5.74. The smallest absolute Gasteiger partial charge is 0.244 e. The fourth-order valence-corrected chi connectivity index (χ4v) is 4.67. The first-order chi connectivity index (χ1) is 9.73. The van der Waals surface area contributed by atoms with E-state index in [0.717, 1.165) is 18.4 Å². The number of benzene rings is 1. The van der Waals surface area contributed by atoms with E-state index in [0.29, 0.717) is 24.8 Å². The highest BCUT2D eigenvalue weighted by atomic mass is 35.5. The molecule has 1 aromatic rings. The quantitative estimate of drug-likeness (QED) is 0.860. The maximum atomic E-state index is 12.7. The molecule has 2 N–H and O–H groups in total. The number of sulfonamides is 1. The molecular weight excluding hydrogens is 310 g/mol. The zero-order valence-corrected chi connectivity index (χ0v) is 14.2. The van der Waals surface area contributed by atoms with Crippen LogP contribution in [-0.4, -0.2) is 50.8 Å². The summed E-state index contributed by atoms with van der Waals surface area (Å²) in [6, 6.07) is 3.50. The normalized spacial score (nSPS) is 18.3. The van der Waals surface area contributed by atoms with Crippen LogP contribution in [0.5, 0.6) is 0 Å². The van der Waals surface area contributed by atoms with Crippen LogP contribution in [-0.2, 0) is 10.0 Å². The van der Waals surface area contributed by atoms with Crippen LogP contribution in [0.1, 0.15) is 18.4 Å². The van der Waals surface area contributed by atoms with E-state index in [-0.39, 0.29) is 9.92 Å². The Hall–Kier alpha value is -0.820. The first-order valence-electron chi connectivity index (χ1n) is 6.95. The molecule has 0 atom stereocenters. The van der Waals surface area contributed by atoms with Gasteiger partial charge in [0.15, 0.2) is 0 Å². The number of nitrogens with zero attached hydrogens (tertiary/aromatic N) is 2. The lowest BCUT2D eigenvalue weighted by Gasteiger charge is -2.34. The van der Waals surface area contributed by atoms with Crippen molar-refractivity contribution in [2.45, 2.75) is 30.7 Å². The van der Waals surface area contributed by atoms with Crippen molar-refractivity contribution < 1.29 is 8.42 Å². The molecule has 21 heavy (non-hydrogen) atoms. The van der Waals surface area contributed by atoms with Gasteiger partial charge in [0.2, 0.25) is 10.0 Å². The lowest BCUT2D eigenvalue weighted by Crippen LogP contribution is -2.44. The molecule has 1 heterocycles. The number of hydrogen-bond acceptors (Lipinski definition) is 4. The largest absolute Gasteiger partial charge is 0.398 e. The summed E-state index contributed by atoms with van der Waals surface area (Å²) < 4.78 is 26.9. The van der Waals surface area contributed by atoms with E-state index in [1.165, 1.54) is 10.4 Å². The van der Waals surface area contributed by atoms with Crippen LogP contribution in [0.15, 0.2) is 17.0 Å². The monoisotopic (exact) mass is 331 g/mol. The second kappa shape index (κ2) is 6.12. The third kappa shape index (κ3) is 3.34. The van der Waals surface area contributed by atoms with E-state index < -0.39 is 10.0 Å². The summed E-state index contributed by atoms with van der Waals surface area (Å²) in [6.07, 6.45) is 1.65.